The Morgan fingerprint density at radius 2 is 1.82 bits per heavy atom. The Kier molecular flexibility index (Phi) is 6.98. The minimum atomic E-state index is -0.965. The van der Waals surface area contributed by atoms with E-state index in [4.69, 9.17) is 0 Å². The predicted molar refractivity (Wildman–Crippen MR) is 115 cm³/mol. The molecule has 1 fully saturated rings. The predicted octanol–water partition coefficient (Wildman–Crippen LogP) is 4.52. The van der Waals surface area contributed by atoms with Crippen molar-refractivity contribution in [2.45, 2.75) is 31.1 Å². The fourth-order valence-electron chi connectivity index (χ4n) is 3.44. The number of hydrogen-bond acceptors (Lipinski definition) is 5. The van der Waals surface area contributed by atoms with Crippen LogP contribution in [0.5, 0.6) is 0 Å². The molecule has 6 heteroatoms. The molecular weight excluding hydrogens is 372 g/mol. The highest BCUT2D eigenvalue weighted by Crippen LogP contribution is 2.33. The SMILES string of the molecule is CC(=O)CN(CSc1ccccc1N1CCCCC1)c1cccc(C(=O)O)c1. The Bertz CT molecular complexity index is 834. The first-order valence-electron chi connectivity index (χ1n) is 9.59. The van der Waals surface area contributed by atoms with Crippen molar-refractivity contribution in [1.82, 2.24) is 0 Å². The van der Waals surface area contributed by atoms with Crippen molar-refractivity contribution in [1.29, 1.82) is 0 Å². The van der Waals surface area contributed by atoms with Gasteiger partial charge in [0.05, 0.1) is 23.7 Å². The zero-order valence-electron chi connectivity index (χ0n) is 16.1. The number of para-hydroxylation sites is 1. The summed E-state index contributed by atoms with van der Waals surface area (Å²) in [6.07, 6.45) is 3.73. The molecule has 148 valence electrons. The summed E-state index contributed by atoms with van der Waals surface area (Å²) in [6.45, 7) is 3.97. The van der Waals surface area contributed by atoms with Crippen LogP contribution in [0.3, 0.4) is 0 Å². The number of thioether (sulfide) groups is 1. The second-order valence-electron chi connectivity index (χ2n) is 7.04. The van der Waals surface area contributed by atoms with Crippen molar-refractivity contribution in [2.24, 2.45) is 0 Å². The number of hydrogen-bond donors (Lipinski definition) is 1. The quantitative estimate of drug-likeness (QED) is 0.521. The van der Waals surface area contributed by atoms with Gasteiger partial charge in [-0.15, -0.1) is 11.8 Å². The smallest absolute Gasteiger partial charge is 0.335 e. The summed E-state index contributed by atoms with van der Waals surface area (Å²) in [5.74, 6) is -0.341. The van der Waals surface area contributed by atoms with Crippen LogP contribution in [0.25, 0.3) is 0 Å². The van der Waals surface area contributed by atoms with E-state index in [1.807, 2.05) is 17.0 Å². The number of carbonyl (C=O) groups excluding carboxylic acids is 1. The van der Waals surface area contributed by atoms with E-state index in [1.165, 1.54) is 29.8 Å². The van der Waals surface area contributed by atoms with Crippen LogP contribution < -0.4 is 9.80 Å². The normalized spacial score (nSPS) is 14.0. The number of carboxylic acid groups (broad SMARTS) is 1. The van der Waals surface area contributed by atoms with E-state index in [9.17, 15) is 14.7 Å². The molecule has 1 heterocycles. The number of piperidine rings is 1. The first kappa shape index (κ1) is 20.3. The summed E-state index contributed by atoms with van der Waals surface area (Å²) in [5, 5.41) is 9.27. The fraction of sp³-hybridized carbons (Fsp3) is 0.364. The number of anilines is 2. The van der Waals surface area contributed by atoms with Crippen molar-refractivity contribution in [2.75, 3.05) is 35.3 Å². The lowest BCUT2D eigenvalue weighted by Crippen LogP contribution is -2.30. The van der Waals surface area contributed by atoms with E-state index in [-0.39, 0.29) is 17.9 Å². The lowest BCUT2D eigenvalue weighted by Gasteiger charge is -2.31. The molecule has 0 atom stereocenters. The van der Waals surface area contributed by atoms with Gasteiger partial charge in [-0.1, -0.05) is 18.2 Å². The number of carbonyl (C=O) groups is 2. The zero-order chi connectivity index (χ0) is 19.9. The van der Waals surface area contributed by atoms with Crippen LogP contribution in [0.1, 0.15) is 36.5 Å². The third-order valence-corrected chi connectivity index (χ3v) is 5.91. The van der Waals surface area contributed by atoms with Crippen LogP contribution in [0.4, 0.5) is 11.4 Å². The molecule has 0 aromatic heterocycles. The molecule has 0 amide bonds. The molecule has 3 rings (SSSR count). The standard InChI is InChI=1S/C22H26N2O3S/c1-17(25)15-24(19-9-7-8-18(14-19)22(26)27)16-28-21-11-4-3-10-20(21)23-12-5-2-6-13-23/h3-4,7-11,14H,2,5-6,12-13,15-16H2,1H3,(H,26,27). The largest absolute Gasteiger partial charge is 0.478 e. The van der Waals surface area contributed by atoms with Gasteiger partial charge in [0.2, 0.25) is 0 Å². The second-order valence-corrected chi connectivity index (χ2v) is 8.03. The molecule has 2 aromatic carbocycles. The number of nitrogens with zero attached hydrogens (tertiary/aromatic N) is 2. The van der Waals surface area contributed by atoms with Crippen molar-refractivity contribution < 1.29 is 14.7 Å². The van der Waals surface area contributed by atoms with Crippen LogP contribution in [-0.2, 0) is 4.79 Å². The number of aromatic carboxylic acids is 1. The van der Waals surface area contributed by atoms with E-state index in [1.54, 1.807) is 36.9 Å². The van der Waals surface area contributed by atoms with Gasteiger partial charge in [0, 0.05) is 23.7 Å². The van der Waals surface area contributed by atoms with E-state index < -0.39 is 5.97 Å². The van der Waals surface area contributed by atoms with Crippen molar-refractivity contribution in [3.8, 4) is 0 Å². The molecule has 0 aliphatic carbocycles. The summed E-state index contributed by atoms with van der Waals surface area (Å²) in [4.78, 5) is 28.7. The molecular formula is C22H26N2O3S. The van der Waals surface area contributed by atoms with Gasteiger partial charge in [-0.05, 0) is 56.5 Å². The van der Waals surface area contributed by atoms with Crippen LogP contribution >= 0.6 is 11.8 Å². The first-order chi connectivity index (χ1) is 13.5. The molecule has 1 saturated heterocycles. The average molecular weight is 399 g/mol. The van der Waals surface area contributed by atoms with E-state index in [0.29, 0.717) is 5.88 Å². The molecule has 0 radical (unpaired) electrons. The van der Waals surface area contributed by atoms with Gasteiger partial charge in [-0.25, -0.2) is 4.79 Å². The molecule has 5 nitrogen and oxygen atoms in total. The van der Waals surface area contributed by atoms with Gasteiger partial charge in [0.1, 0.15) is 5.78 Å². The van der Waals surface area contributed by atoms with Gasteiger partial charge < -0.3 is 14.9 Å². The van der Waals surface area contributed by atoms with Gasteiger partial charge in [0.25, 0.3) is 0 Å². The van der Waals surface area contributed by atoms with Gasteiger partial charge in [0.15, 0.2) is 0 Å². The third-order valence-electron chi connectivity index (χ3n) is 4.81. The minimum Gasteiger partial charge on any atom is -0.478 e. The summed E-state index contributed by atoms with van der Waals surface area (Å²) in [6, 6.07) is 15.2. The number of rotatable bonds is 8. The molecule has 2 aromatic rings. The number of carboxylic acids is 1. The molecule has 0 unspecified atom stereocenters. The molecule has 1 aliphatic heterocycles. The zero-order valence-corrected chi connectivity index (χ0v) is 17.0. The summed E-state index contributed by atoms with van der Waals surface area (Å²) >= 11 is 1.68. The lowest BCUT2D eigenvalue weighted by molar-refractivity contribution is -0.115. The van der Waals surface area contributed by atoms with Crippen LogP contribution in [0.15, 0.2) is 53.4 Å². The Hall–Kier alpha value is -2.47. The van der Waals surface area contributed by atoms with Crippen LogP contribution in [0, 0.1) is 0 Å². The molecule has 1 aliphatic rings. The molecule has 28 heavy (non-hydrogen) atoms. The van der Waals surface area contributed by atoms with Crippen molar-refractivity contribution in [3.05, 3.63) is 54.1 Å². The molecule has 1 N–H and O–H groups in total. The fourth-order valence-corrected chi connectivity index (χ4v) is 4.49. The van der Waals surface area contributed by atoms with Gasteiger partial charge >= 0.3 is 5.97 Å². The number of Topliss-reactive ketones (excluding diaryl/α,β-unsaturated/α-hetero) is 1. The topological polar surface area (TPSA) is 60.9 Å². The van der Waals surface area contributed by atoms with E-state index in [0.717, 1.165) is 18.8 Å². The lowest BCUT2D eigenvalue weighted by atomic mass is 10.1. The summed E-state index contributed by atoms with van der Waals surface area (Å²) in [5.41, 5.74) is 2.22. The number of ketones is 1. The molecule has 0 spiro atoms. The Balaban J connectivity index is 1.78. The third kappa shape index (κ3) is 5.29. The number of benzene rings is 2. The monoisotopic (exact) mass is 398 g/mol. The molecule has 0 saturated carbocycles. The Morgan fingerprint density at radius 1 is 1.07 bits per heavy atom. The van der Waals surface area contributed by atoms with Gasteiger partial charge in [-0.3, -0.25) is 4.79 Å². The van der Waals surface area contributed by atoms with Gasteiger partial charge in [-0.2, -0.15) is 0 Å². The maximum atomic E-state index is 11.8. The highest BCUT2D eigenvalue weighted by atomic mass is 32.2. The highest BCUT2D eigenvalue weighted by molar-refractivity contribution is 7.99. The minimum absolute atomic E-state index is 0.0469. The Labute approximate surface area is 170 Å². The first-order valence-corrected chi connectivity index (χ1v) is 10.6. The van der Waals surface area contributed by atoms with E-state index in [2.05, 4.69) is 23.1 Å². The van der Waals surface area contributed by atoms with Crippen LogP contribution in [-0.4, -0.2) is 42.4 Å². The van der Waals surface area contributed by atoms with Crippen molar-refractivity contribution in [3.63, 3.8) is 0 Å². The molecule has 0 bridgehead atoms. The highest BCUT2D eigenvalue weighted by Gasteiger charge is 2.17. The summed E-state index contributed by atoms with van der Waals surface area (Å²) < 4.78 is 0. The van der Waals surface area contributed by atoms with Crippen LogP contribution in [0.2, 0.25) is 0 Å². The Morgan fingerprint density at radius 3 is 2.54 bits per heavy atom. The summed E-state index contributed by atoms with van der Waals surface area (Å²) in [7, 11) is 0. The van der Waals surface area contributed by atoms with Crippen molar-refractivity contribution >= 4 is 34.9 Å². The average Bonchev–Trinajstić information content (AvgIpc) is 2.72. The maximum Gasteiger partial charge on any atom is 0.335 e. The maximum absolute atomic E-state index is 11.8. The van der Waals surface area contributed by atoms with E-state index >= 15 is 0 Å². The second kappa shape index (κ2) is 9.64.